The molecule has 0 bridgehead atoms. The van der Waals surface area contributed by atoms with Crippen molar-refractivity contribution in [3.05, 3.63) is 75.4 Å². The summed E-state index contributed by atoms with van der Waals surface area (Å²) in [4.78, 5) is 25.7. The van der Waals surface area contributed by atoms with Crippen LogP contribution in [0.2, 0.25) is 0 Å². The Hall–Kier alpha value is -3.22. The van der Waals surface area contributed by atoms with Crippen LogP contribution in [0.5, 0.6) is 0 Å². The average Bonchev–Trinajstić information content (AvgIpc) is 3.14. The fourth-order valence-electron chi connectivity index (χ4n) is 2.89. The summed E-state index contributed by atoms with van der Waals surface area (Å²) in [5.74, 6) is 0.690. The second-order valence-electron chi connectivity index (χ2n) is 6.92. The lowest BCUT2D eigenvalue weighted by atomic mass is 10.0. The maximum Gasteiger partial charge on any atom is 0.268 e. The number of hydrogen-bond donors (Lipinski definition) is 1. The highest BCUT2D eigenvalue weighted by molar-refractivity contribution is 5.95. The molecule has 0 saturated heterocycles. The predicted octanol–water partition coefficient (Wildman–Crippen LogP) is 3.14. The number of nitrogens with one attached hydrogen (secondary N) is 1. The van der Waals surface area contributed by atoms with E-state index in [2.05, 4.69) is 29.4 Å². The van der Waals surface area contributed by atoms with Crippen LogP contribution < -0.4 is 10.9 Å². The molecule has 0 unspecified atom stereocenters. The number of carbonyl (C=O) groups excluding carboxylic acids is 1. The summed E-state index contributed by atoms with van der Waals surface area (Å²) in [5, 5.41) is 10.4. The lowest BCUT2D eigenvalue weighted by Crippen LogP contribution is -2.33. The zero-order valence-electron chi connectivity index (χ0n) is 16.5. The third kappa shape index (κ3) is 4.03. The molecule has 7 nitrogen and oxygen atoms in total. The van der Waals surface area contributed by atoms with Gasteiger partial charge in [-0.2, -0.15) is 0 Å². The molecule has 0 radical (unpaired) electrons. The van der Waals surface area contributed by atoms with E-state index in [1.807, 2.05) is 31.2 Å². The van der Waals surface area contributed by atoms with Crippen LogP contribution in [0, 0.1) is 6.92 Å². The number of hydrogen-bond acceptors (Lipinski definition) is 5. The van der Waals surface area contributed by atoms with Crippen LogP contribution in [0.15, 0.2) is 45.7 Å². The summed E-state index contributed by atoms with van der Waals surface area (Å²) in [7, 11) is 0. The van der Waals surface area contributed by atoms with Crippen molar-refractivity contribution in [1.82, 2.24) is 20.1 Å². The number of rotatable bonds is 6. The number of carbonyl (C=O) groups is 1. The first-order chi connectivity index (χ1) is 13.4. The lowest BCUT2D eigenvalue weighted by Gasteiger charge is -2.13. The Bertz CT molecular complexity index is 1050. The van der Waals surface area contributed by atoms with Gasteiger partial charge in [0.2, 0.25) is 11.8 Å². The molecule has 0 aliphatic carbocycles. The van der Waals surface area contributed by atoms with E-state index < -0.39 is 5.91 Å². The minimum atomic E-state index is -0.465. The second kappa shape index (κ2) is 8.21. The molecule has 1 amide bonds. The second-order valence-corrected chi connectivity index (χ2v) is 6.92. The van der Waals surface area contributed by atoms with E-state index in [0.29, 0.717) is 29.7 Å². The van der Waals surface area contributed by atoms with Crippen molar-refractivity contribution in [2.24, 2.45) is 0 Å². The van der Waals surface area contributed by atoms with Gasteiger partial charge in [-0.15, -0.1) is 10.2 Å². The monoisotopic (exact) mass is 380 g/mol. The van der Waals surface area contributed by atoms with E-state index >= 15 is 0 Å². The Morgan fingerprint density at radius 3 is 2.64 bits per heavy atom. The summed E-state index contributed by atoms with van der Waals surface area (Å²) in [6.07, 6.45) is 2.32. The van der Waals surface area contributed by atoms with Gasteiger partial charge in [0.15, 0.2) is 0 Å². The van der Waals surface area contributed by atoms with Crippen molar-refractivity contribution in [3.63, 3.8) is 0 Å². The van der Waals surface area contributed by atoms with Gasteiger partial charge in [0.05, 0.1) is 6.54 Å². The maximum absolute atomic E-state index is 13.0. The van der Waals surface area contributed by atoms with Crippen molar-refractivity contribution < 1.29 is 9.21 Å². The van der Waals surface area contributed by atoms with Gasteiger partial charge in [-0.25, -0.2) is 0 Å². The highest BCUT2D eigenvalue weighted by Gasteiger charge is 2.17. The molecule has 146 valence electrons. The average molecular weight is 380 g/mol. The van der Waals surface area contributed by atoms with Gasteiger partial charge in [0.25, 0.3) is 11.5 Å². The normalized spacial score (nSPS) is 11.0. The molecule has 3 aromatic rings. The van der Waals surface area contributed by atoms with Crippen molar-refractivity contribution in [2.75, 3.05) is 0 Å². The van der Waals surface area contributed by atoms with Gasteiger partial charge in [0.1, 0.15) is 5.56 Å². The van der Waals surface area contributed by atoms with E-state index in [0.717, 1.165) is 11.3 Å². The standard InChI is InChI=1S/C21H24N4O3/c1-5-17-23-24-18(28-17)12-22-20(26)19-14(4)9-10-25(21(19)27)16-8-6-7-15(11-16)13(2)3/h6-11,13H,5,12H2,1-4H3,(H,22,26). The van der Waals surface area contributed by atoms with E-state index in [1.165, 1.54) is 4.57 Å². The first-order valence-corrected chi connectivity index (χ1v) is 9.32. The van der Waals surface area contributed by atoms with Crippen LogP contribution in [0.1, 0.15) is 60.0 Å². The summed E-state index contributed by atoms with van der Waals surface area (Å²) >= 11 is 0. The fraction of sp³-hybridized carbons (Fsp3) is 0.333. The number of aromatic nitrogens is 3. The predicted molar refractivity (Wildman–Crippen MR) is 106 cm³/mol. The topological polar surface area (TPSA) is 90.0 Å². The number of benzene rings is 1. The van der Waals surface area contributed by atoms with Gasteiger partial charge in [-0.1, -0.05) is 32.9 Å². The number of aryl methyl sites for hydroxylation is 2. The minimum Gasteiger partial charge on any atom is -0.423 e. The highest BCUT2D eigenvalue weighted by Crippen LogP contribution is 2.17. The van der Waals surface area contributed by atoms with Gasteiger partial charge in [-0.3, -0.25) is 14.2 Å². The Morgan fingerprint density at radius 2 is 1.96 bits per heavy atom. The molecule has 0 aliphatic heterocycles. The Labute approximate surface area is 163 Å². The fourth-order valence-corrected chi connectivity index (χ4v) is 2.89. The largest absolute Gasteiger partial charge is 0.423 e. The smallest absolute Gasteiger partial charge is 0.268 e. The molecule has 7 heteroatoms. The highest BCUT2D eigenvalue weighted by atomic mass is 16.4. The first-order valence-electron chi connectivity index (χ1n) is 9.32. The summed E-state index contributed by atoms with van der Waals surface area (Å²) in [5.41, 5.74) is 2.21. The van der Waals surface area contributed by atoms with Crippen molar-refractivity contribution in [1.29, 1.82) is 0 Å². The molecule has 0 fully saturated rings. The maximum atomic E-state index is 13.0. The Morgan fingerprint density at radius 1 is 1.21 bits per heavy atom. The molecular formula is C21H24N4O3. The van der Waals surface area contributed by atoms with Crippen LogP contribution in [-0.2, 0) is 13.0 Å². The third-order valence-electron chi connectivity index (χ3n) is 4.55. The number of amides is 1. The van der Waals surface area contributed by atoms with Crippen molar-refractivity contribution in [2.45, 2.75) is 46.6 Å². The molecule has 0 saturated carbocycles. The van der Waals surface area contributed by atoms with E-state index in [4.69, 9.17) is 4.42 Å². The van der Waals surface area contributed by atoms with Crippen LogP contribution in [0.25, 0.3) is 5.69 Å². The Balaban J connectivity index is 1.89. The van der Waals surface area contributed by atoms with Crippen molar-refractivity contribution in [3.8, 4) is 5.69 Å². The molecular weight excluding hydrogens is 356 g/mol. The van der Waals surface area contributed by atoms with Crippen LogP contribution in [0.4, 0.5) is 0 Å². The molecule has 1 aromatic carbocycles. The third-order valence-corrected chi connectivity index (χ3v) is 4.55. The quantitative estimate of drug-likeness (QED) is 0.709. The van der Waals surface area contributed by atoms with Gasteiger partial charge in [-0.05, 0) is 42.2 Å². The summed E-state index contributed by atoms with van der Waals surface area (Å²) in [6, 6.07) is 9.52. The SMILES string of the molecule is CCc1nnc(CNC(=O)c2c(C)ccn(-c3cccc(C(C)C)c3)c2=O)o1. The molecule has 2 aromatic heterocycles. The van der Waals surface area contributed by atoms with Crippen molar-refractivity contribution >= 4 is 5.91 Å². The van der Waals surface area contributed by atoms with Gasteiger partial charge < -0.3 is 9.73 Å². The minimum absolute atomic E-state index is 0.0719. The van der Waals surface area contributed by atoms with Crippen LogP contribution >= 0.6 is 0 Å². The van der Waals surface area contributed by atoms with E-state index in [9.17, 15) is 9.59 Å². The van der Waals surface area contributed by atoms with E-state index in [-0.39, 0.29) is 17.7 Å². The van der Waals surface area contributed by atoms with Crippen LogP contribution in [0.3, 0.4) is 0 Å². The molecule has 0 spiro atoms. The lowest BCUT2D eigenvalue weighted by molar-refractivity contribution is 0.0944. The molecule has 2 heterocycles. The van der Waals surface area contributed by atoms with Gasteiger partial charge in [0, 0.05) is 18.3 Å². The van der Waals surface area contributed by atoms with Gasteiger partial charge >= 0.3 is 0 Å². The summed E-state index contributed by atoms with van der Waals surface area (Å²) in [6.45, 7) is 7.91. The number of pyridine rings is 1. The summed E-state index contributed by atoms with van der Waals surface area (Å²) < 4.78 is 6.88. The number of nitrogens with zero attached hydrogens (tertiary/aromatic N) is 3. The molecule has 1 N–H and O–H groups in total. The Kier molecular flexibility index (Phi) is 5.73. The molecule has 0 atom stereocenters. The van der Waals surface area contributed by atoms with E-state index in [1.54, 1.807) is 19.2 Å². The van der Waals surface area contributed by atoms with Crippen LogP contribution in [-0.4, -0.2) is 20.7 Å². The zero-order valence-corrected chi connectivity index (χ0v) is 16.5. The first kappa shape index (κ1) is 19.5. The molecule has 3 rings (SSSR count). The zero-order chi connectivity index (χ0) is 20.3. The molecule has 28 heavy (non-hydrogen) atoms. The molecule has 0 aliphatic rings.